The molecule has 2 aliphatic rings. The molecule has 2 fully saturated rings. The number of rotatable bonds is 5. The highest BCUT2D eigenvalue weighted by Gasteiger charge is 2.24. The molecule has 2 rings (SSSR count). The molecule has 0 amide bonds. The normalized spacial score (nSPS) is 20.3. The van der Waals surface area contributed by atoms with Gasteiger partial charge in [-0.25, -0.2) is 10.0 Å². The van der Waals surface area contributed by atoms with Gasteiger partial charge in [0.05, 0.1) is 24.0 Å². The van der Waals surface area contributed by atoms with Crippen LogP contribution in [0, 0.1) is 10.8 Å². The third kappa shape index (κ3) is 4.67. The summed E-state index contributed by atoms with van der Waals surface area (Å²) in [7, 11) is 0. The summed E-state index contributed by atoms with van der Waals surface area (Å²) in [5.74, 6) is -0.0796. The molecule has 0 saturated heterocycles. The minimum Gasteiger partial charge on any atom is -0.369 e. The Morgan fingerprint density at radius 2 is 1.35 bits per heavy atom. The van der Waals surface area contributed by atoms with Crippen molar-refractivity contribution >= 4 is 23.8 Å². The third-order valence-corrected chi connectivity index (χ3v) is 4.47. The van der Waals surface area contributed by atoms with Gasteiger partial charge >= 0.3 is 0 Å². The quantitative estimate of drug-likeness (QED) is 0.348. The molecule has 0 aromatic rings. The minimum atomic E-state index is -0.0415. The fraction of sp³-hybridized carbons (Fsp3) is 0.733. The van der Waals surface area contributed by atoms with Gasteiger partial charge in [-0.2, -0.15) is 10.2 Å². The van der Waals surface area contributed by atoms with E-state index in [4.69, 9.17) is 22.3 Å². The molecule has 2 saturated carbocycles. The maximum absolute atomic E-state index is 7.72. The first-order valence-electron chi connectivity index (χ1n) is 8.34. The summed E-state index contributed by atoms with van der Waals surface area (Å²) < 4.78 is 0. The molecule has 8 heteroatoms. The van der Waals surface area contributed by atoms with Crippen LogP contribution in [0.1, 0.15) is 58.3 Å². The van der Waals surface area contributed by atoms with Gasteiger partial charge in [0, 0.05) is 0 Å². The first kappa shape index (κ1) is 17.2. The Bertz CT molecular complexity index is 486. The zero-order valence-electron chi connectivity index (χ0n) is 13.8. The van der Waals surface area contributed by atoms with Crippen LogP contribution in [-0.4, -0.2) is 45.9 Å². The molecule has 8 nitrogen and oxygen atoms in total. The number of guanidine groups is 2. The Labute approximate surface area is 137 Å². The highest BCUT2D eigenvalue weighted by atomic mass is 15.5. The Hall–Kier alpha value is -2.12. The van der Waals surface area contributed by atoms with Crippen molar-refractivity contribution in [1.29, 1.82) is 10.8 Å². The Morgan fingerprint density at radius 3 is 1.78 bits per heavy atom. The fourth-order valence-electron chi connectivity index (χ4n) is 3.32. The lowest BCUT2D eigenvalue weighted by atomic mass is 10.2. The molecule has 0 unspecified atom stereocenters. The molecule has 6 N–H and O–H groups in total. The summed E-state index contributed by atoms with van der Waals surface area (Å²) in [6, 6.07) is 0.407. The molecule has 0 aromatic carbocycles. The Kier molecular flexibility index (Phi) is 5.95. The third-order valence-electron chi connectivity index (χ3n) is 4.47. The molecule has 2 aliphatic carbocycles. The van der Waals surface area contributed by atoms with Crippen LogP contribution in [0.4, 0.5) is 0 Å². The molecule has 0 aliphatic heterocycles. The fourth-order valence-corrected chi connectivity index (χ4v) is 3.32. The Balaban J connectivity index is 2.05. The van der Waals surface area contributed by atoms with E-state index in [-0.39, 0.29) is 24.0 Å². The minimum absolute atomic E-state index is 0.0381. The van der Waals surface area contributed by atoms with E-state index in [1.165, 1.54) is 0 Å². The van der Waals surface area contributed by atoms with Gasteiger partial charge in [-0.15, -0.1) is 0 Å². The van der Waals surface area contributed by atoms with Gasteiger partial charge in [0.1, 0.15) is 0 Å². The van der Waals surface area contributed by atoms with Crippen LogP contribution in [0.25, 0.3) is 0 Å². The molecule has 0 atom stereocenters. The van der Waals surface area contributed by atoms with Crippen molar-refractivity contribution in [2.75, 3.05) is 0 Å². The van der Waals surface area contributed by atoms with Gasteiger partial charge in [0.15, 0.2) is 0 Å². The maximum atomic E-state index is 7.72. The lowest BCUT2D eigenvalue weighted by Gasteiger charge is -2.25. The van der Waals surface area contributed by atoms with Crippen LogP contribution in [0.15, 0.2) is 10.2 Å². The van der Waals surface area contributed by atoms with Crippen molar-refractivity contribution in [2.45, 2.75) is 70.4 Å². The maximum Gasteiger partial charge on any atom is 0.209 e. The number of hydrogen-bond acceptors (Lipinski definition) is 4. The standard InChI is InChI=1S/C15H28N8/c1-11(21-23(15(18)19)13-8-4-5-9-13)10-20-22(14(16)17)12-6-2-3-7-12/h10,12-13H,2-9H2,1H3,(H3,16,17)(H3,18,19)/b20-10-,21-11-. The molecule has 0 aromatic heterocycles. The van der Waals surface area contributed by atoms with Crippen molar-refractivity contribution in [3.63, 3.8) is 0 Å². The molecular formula is C15H28N8. The van der Waals surface area contributed by atoms with Crippen molar-refractivity contribution in [2.24, 2.45) is 21.7 Å². The van der Waals surface area contributed by atoms with Crippen LogP contribution >= 0.6 is 0 Å². The molecule has 23 heavy (non-hydrogen) atoms. The lowest BCUT2D eigenvalue weighted by Crippen LogP contribution is -2.40. The number of nitrogens with one attached hydrogen (secondary N) is 2. The van der Waals surface area contributed by atoms with Crippen LogP contribution in [0.3, 0.4) is 0 Å². The summed E-state index contributed by atoms with van der Waals surface area (Å²) >= 11 is 0. The molecular weight excluding hydrogens is 292 g/mol. The summed E-state index contributed by atoms with van der Waals surface area (Å²) in [5.41, 5.74) is 12.0. The van der Waals surface area contributed by atoms with Gasteiger partial charge in [-0.1, -0.05) is 25.7 Å². The molecule has 128 valence electrons. The number of hydrogen-bond donors (Lipinski definition) is 4. The topological polar surface area (TPSA) is 131 Å². The van der Waals surface area contributed by atoms with E-state index in [1.54, 1.807) is 16.2 Å². The predicted molar refractivity (Wildman–Crippen MR) is 93.6 cm³/mol. The predicted octanol–water partition coefficient (Wildman–Crippen LogP) is 1.62. The van der Waals surface area contributed by atoms with Crippen molar-refractivity contribution in [3.8, 4) is 0 Å². The summed E-state index contributed by atoms with van der Waals surface area (Å²) in [5, 5.41) is 27.3. The highest BCUT2D eigenvalue weighted by molar-refractivity contribution is 6.29. The van der Waals surface area contributed by atoms with Crippen LogP contribution in [0.2, 0.25) is 0 Å². The van der Waals surface area contributed by atoms with Crippen LogP contribution in [-0.2, 0) is 0 Å². The Morgan fingerprint density at radius 1 is 0.913 bits per heavy atom. The summed E-state index contributed by atoms with van der Waals surface area (Å²) in [4.78, 5) is 0. The van der Waals surface area contributed by atoms with Gasteiger partial charge < -0.3 is 11.5 Å². The van der Waals surface area contributed by atoms with E-state index < -0.39 is 0 Å². The van der Waals surface area contributed by atoms with Gasteiger partial charge in [-0.05, 0) is 32.6 Å². The van der Waals surface area contributed by atoms with E-state index in [0.29, 0.717) is 5.71 Å². The first-order chi connectivity index (χ1) is 11.0. The van der Waals surface area contributed by atoms with E-state index in [9.17, 15) is 0 Å². The SMILES string of the molecule is CC(/C=N\N(C(=N)N)C1CCCC1)=N/N(C(=N)N)C1CCCC1. The average molecular weight is 320 g/mol. The van der Waals surface area contributed by atoms with Crippen LogP contribution in [0.5, 0.6) is 0 Å². The zero-order valence-corrected chi connectivity index (χ0v) is 13.8. The first-order valence-corrected chi connectivity index (χ1v) is 8.34. The summed E-state index contributed by atoms with van der Waals surface area (Å²) in [6.07, 6.45) is 10.2. The van der Waals surface area contributed by atoms with Crippen molar-refractivity contribution < 1.29 is 0 Å². The summed E-state index contributed by atoms with van der Waals surface area (Å²) in [6.45, 7) is 1.82. The monoisotopic (exact) mass is 320 g/mol. The second kappa shape index (κ2) is 7.94. The van der Waals surface area contributed by atoms with Crippen molar-refractivity contribution in [1.82, 2.24) is 10.0 Å². The van der Waals surface area contributed by atoms with E-state index in [0.717, 1.165) is 51.4 Å². The molecule has 0 heterocycles. The average Bonchev–Trinajstić information content (AvgIpc) is 3.17. The van der Waals surface area contributed by atoms with E-state index in [2.05, 4.69) is 10.2 Å². The van der Waals surface area contributed by atoms with Gasteiger partial charge in [-0.3, -0.25) is 10.8 Å². The second-order valence-corrected chi connectivity index (χ2v) is 6.32. The van der Waals surface area contributed by atoms with Crippen molar-refractivity contribution in [3.05, 3.63) is 0 Å². The highest BCUT2D eigenvalue weighted by Crippen LogP contribution is 2.24. The number of nitrogens with zero attached hydrogens (tertiary/aromatic N) is 4. The number of nitrogens with two attached hydrogens (primary N) is 2. The molecule has 0 radical (unpaired) electrons. The zero-order chi connectivity index (χ0) is 16.8. The second-order valence-electron chi connectivity index (χ2n) is 6.32. The molecule has 0 bridgehead atoms. The van der Waals surface area contributed by atoms with E-state index >= 15 is 0 Å². The lowest BCUT2D eigenvalue weighted by molar-refractivity contribution is 0.322. The van der Waals surface area contributed by atoms with Gasteiger partial charge in [0.25, 0.3) is 0 Å². The number of hydrazone groups is 2. The smallest absolute Gasteiger partial charge is 0.209 e. The van der Waals surface area contributed by atoms with E-state index in [1.807, 2.05) is 6.92 Å². The molecule has 0 spiro atoms. The van der Waals surface area contributed by atoms with Gasteiger partial charge in [0.2, 0.25) is 11.9 Å². The largest absolute Gasteiger partial charge is 0.369 e. The van der Waals surface area contributed by atoms with Crippen LogP contribution < -0.4 is 11.5 Å².